The molecule has 0 bridgehead atoms. The number of Topliss-reactive ketones (excluding diaryl/α,β-unsaturated/α-hetero) is 1. The van der Waals surface area contributed by atoms with Gasteiger partial charge in [0.2, 0.25) is 0 Å². The van der Waals surface area contributed by atoms with Crippen molar-refractivity contribution in [1.29, 1.82) is 0 Å². The van der Waals surface area contributed by atoms with Gasteiger partial charge in [-0.25, -0.2) is 4.98 Å². The monoisotopic (exact) mass is 364 g/mol. The molecule has 0 atom stereocenters. The van der Waals surface area contributed by atoms with E-state index in [0.29, 0.717) is 22.9 Å². The molecule has 7 heteroatoms. The van der Waals surface area contributed by atoms with E-state index in [1.54, 1.807) is 22.9 Å². The number of carbonyl (C=O) groups excluding carboxylic acids is 1. The lowest BCUT2D eigenvalue weighted by molar-refractivity contribution is 0.0992. The first-order valence-electron chi connectivity index (χ1n) is 9.97. The van der Waals surface area contributed by atoms with Crippen LogP contribution in [0.1, 0.15) is 21.5 Å². The number of hydrogen-bond donors (Lipinski definition) is 0. The number of carbonyl (C=O) groups is 1. The molecule has 27 heavy (non-hydrogen) atoms. The average molecular weight is 364 g/mol. The molecule has 0 aliphatic carbocycles. The fourth-order valence-corrected chi connectivity index (χ4v) is 2.56. The predicted molar refractivity (Wildman–Crippen MR) is 98.3 cm³/mol. The number of ether oxygens (including phenoxy) is 2. The molecule has 0 N–H and O–H groups in total. The maximum atomic E-state index is 13.1. The van der Waals surface area contributed by atoms with Crippen molar-refractivity contribution in [1.82, 2.24) is 19.4 Å². The van der Waals surface area contributed by atoms with E-state index >= 15 is 0 Å². The number of rotatable bonds is 6. The normalized spacial score (nSPS) is 12.8. The van der Waals surface area contributed by atoms with E-state index in [0.717, 1.165) is 0 Å². The molecule has 4 heterocycles. The van der Waals surface area contributed by atoms with E-state index in [9.17, 15) is 4.79 Å². The molecule has 0 saturated heterocycles. The lowest BCUT2D eigenvalue weighted by atomic mass is 10.1. The van der Waals surface area contributed by atoms with Gasteiger partial charge in [0, 0.05) is 30.3 Å². The van der Waals surface area contributed by atoms with Crippen molar-refractivity contribution in [3.05, 3.63) is 78.7 Å². The van der Waals surface area contributed by atoms with Crippen LogP contribution in [-0.2, 0) is 6.42 Å². The smallest absolute Gasteiger partial charge is 0.172 e. The molecule has 0 unspecified atom stereocenters. The molecule has 0 spiro atoms. The van der Waals surface area contributed by atoms with Crippen molar-refractivity contribution >= 4 is 11.4 Å². The van der Waals surface area contributed by atoms with Crippen molar-refractivity contribution in [2.45, 2.75) is 6.42 Å². The second-order valence-electron chi connectivity index (χ2n) is 5.56. The molecule has 134 valence electrons. The number of imidazole rings is 1. The third-order valence-electron chi connectivity index (χ3n) is 3.77. The van der Waals surface area contributed by atoms with Crippen LogP contribution in [0, 0.1) is 0 Å². The largest absolute Gasteiger partial charge is 0.495 e. The van der Waals surface area contributed by atoms with Gasteiger partial charge in [-0.15, -0.1) is 0 Å². The Morgan fingerprint density at radius 2 is 2.07 bits per heavy atom. The zero-order valence-electron chi connectivity index (χ0n) is 18.3. The summed E-state index contributed by atoms with van der Waals surface area (Å²) >= 11 is 0. The van der Waals surface area contributed by atoms with Crippen LogP contribution in [0.3, 0.4) is 0 Å². The van der Waals surface area contributed by atoms with Crippen LogP contribution in [0.2, 0.25) is 0 Å². The van der Waals surface area contributed by atoms with Crippen molar-refractivity contribution in [3.8, 4) is 17.2 Å². The first-order chi connectivity index (χ1) is 14.9. The van der Waals surface area contributed by atoms with Gasteiger partial charge in [0.05, 0.1) is 43.2 Å². The van der Waals surface area contributed by atoms with Gasteiger partial charge in [0.15, 0.2) is 5.78 Å². The second-order valence-corrected chi connectivity index (χ2v) is 5.56. The lowest BCUT2D eigenvalue weighted by Gasteiger charge is -2.10. The molecular formula is C20H16N4O3. The number of fused-ring (bicyclic) bond motifs is 1. The lowest BCUT2D eigenvalue weighted by Crippen LogP contribution is -2.07. The van der Waals surface area contributed by atoms with Crippen LogP contribution >= 0.6 is 0 Å². The van der Waals surface area contributed by atoms with Gasteiger partial charge < -0.3 is 13.9 Å². The molecule has 0 aliphatic heterocycles. The number of hydrogen-bond acceptors (Lipinski definition) is 6. The summed E-state index contributed by atoms with van der Waals surface area (Å²) < 4.78 is 43.6. The molecule has 0 amide bonds. The van der Waals surface area contributed by atoms with Gasteiger partial charge in [0.1, 0.15) is 22.9 Å². The van der Waals surface area contributed by atoms with Crippen LogP contribution in [0.25, 0.3) is 5.65 Å². The highest BCUT2D eigenvalue weighted by atomic mass is 16.5. The van der Waals surface area contributed by atoms with Crippen LogP contribution in [0.4, 0.5) is 0 Å². The Kier molecular flexibility index (Phi) is 3.38. The Balaban J connectivity index is 1.70. The molecule has 0 saturated carbocycles. The highest BCUT2D eigenvalue weighted by molar-refractivity contribution is 6.02. The van der Waals surface area contributed by atoms with Crippen LogP contribution < -0.4 is 9.47 Å². The number of nitrogens with zero attached hydrogens (tertiary/aromatic N) is 4. The molecule has 0 radical (unpaired) electrons. The van der Waals surface area contributed by atoms with E-state index in [4.69, 9.17) is 15.0 Å². The van der Waals surface area contributed by atoms with Gasteiger partial charge in [-0.1, -0.05) is 6.04 Å². The molecule has 4 aromatic heterocycles. The quantitative estimate of drug-likeness (QED) is 0.488. The maximum absolute atomic E-state index is 13.1. The third-order valence-corrected chi connectivity index (χ3v) is 3.77. The van der Waals surface area contributed by atoms with Gasteiger partial charge >= 0.3 is 0 Å². The van der Waals surface area contributed by atoms with E-state index in [1.807, 2.05) is 0 Å². The minimum Gasteiger partial charge on any atom is -0.495 e. The standard InChI is InChI=1S/C20H16N4O3/c1-26-15-9-16(12-21-11-15)27-17-10-18(20-23-6-7-24(20)13-17)19(25)8-14-4-2-3-5-22-14/h2-7,9-13H,8H2,1H3/i2D,3D,4D,5D. The maximum Gasteiger partial charge on any atom is 0.172 e. The Labute approximate surface area is 160 Å². The van der Waals surface area contributed by atoms with E-state index < -0.39 is 24.0 Å². The van der Waals surface area contributed by atoms with Gasteiger partial charge in [-0.3, -0.25) is 14.8 Å². The summed E-state index contributed by atoms with van der Waals surface area (Å²) in [6.45, 7) is 0. The molecule has 7 nitrogen and oxygen atoms in total. The van der Waals surface area contributed by atoms with Gasteiger partial charge in [-0.2, -0.15) is 0 Å². The average Bonchev–Trinajstić information content (AvgIpc) is 3.24. The van der Waals surface area contributed by atoms with Crippen molar-refractivity contribution in [2.24, 2.45) is 0 Å². The fourth-order valence-electron chi connectivity index (χ4n) is 2.56. The fraction of sp³-hybridized carbons (Fsp3) is 0.100. The topological polar surface area (TPSA) is 78.6 Å². The van der Waals surface area contributed by atoms with Crippen molar-refractivity contribution in [3.63, 3.8) is 0 Å². The first kappa shape index (κ1) is 12.6. The minimum atomic E-state index is -0.447. The van der Waals surface area contributed by atoms with E-state index in [1.165, 1.54) is 31.8 Å². The van der Waals surface area contributed by atoms with Gasteiger partial charge in [-0.05, 0) is 18.2 Å². The molecular weight excluding hydrogens is 344 g/mol. The predicted octanol–water partition coefficient (Wildman–Crippen LogP) is 3.35. The molecule has 4 rings (SSSR count). The summed E-state index contributed by atoms with van der Waals surface area (Å²) in [5.74, 6) is 0.868. The Bertz CT molecular complexity index is 1310. The number of ketones is 1. The summed E-state index contributed by atoms with van der Waals surface area (Å²) in [6.07, 6.45) is 7.14. The minimum absolute atomic E-state index is 0.0379. The second kappa shape index (κ2) is 7.25. The molecule has 0 fully saturated rings. The number of pyridine rings is 3. The zero-order valence-corrected chi connectivity index (χ0v) is 14.3. The Morgan fingerprint density at radius 3 is 2.96 bits per heavy atom. The summed E-state index contributed by atoms with van der Waals surface area (Å²) in [4.78, 5) is 25.1. The summed E-state index contributed by atoms with van der Waals surface area (Å²) in [5.41, 5.74) is 0.582. The number of methoxy groups -OCH3 is 1. The summed E-state index contributed by atoms with van der Waals surface area (Å²) in [5, 5.41) is 0. The van der Waals surface area contributed by atoms with E-state index in [2.05, 4.69) is 15.0 Å². The van der Waals surface area contributed by atoms with Gasteiger partial charge in [0.25, 0.3) is 0 Å². The van der Waals surface area contributed by atoms with Crippen molar-refractivity contribution in [2.75, 3.05) is 7.11 Å². The van der Waals surface area contributed by atoms with Crippen LogP contribution in [-0.4, -0.2) is 32.2 Å². The first-order valence-corrected chi connectivity index (χ1v) is 7.97. The third kappa shape index (κ3) is 3.62. The summed E-state index contributed by atoms with van der Waals surface area (Å²) in [6, 6.07) is 1.95. The highest BCUT2D eigenvalue weighted by Gasteiger charge is 2.16. The molecule has 4 aromatic rings. The number of aromatic nitrogens is 4. The van der Waals surface area contributed by atoms with Crippen molar-refractivity contribution < 1.29 is 19.8 Å². The van der Waals surface area contributed by atoms with E-state index in [-0.39, 0.29) is 23.7 Å². The Hall–Kier alpha value is -3.74. The summed E-state index contributed by atoms with van der Waals surface area (Å²) in [7, 11) is 1.52. The SMILES string of the molecule is [2H]c1nc(CC(=O)c2cc(Oc3cncc(OC)c3)cn3ccnc23)c([2H])c([2H])c1[2H]. The van der Waals surface area contributed by atoms with Crippen LogP contribution in [0.5, 0.6) is 17.2 Å². The molecule has 0 aromatic carbocycles. The van der Waals surface area contributed by atoms with Crippen LogP contribution in [0.15, 0.2) is 67.4 Å². The highest BCUT2D eigenvalue weighted by Crippen LogP contribution is 2.26. The molecule has 0 aliphatic rings. The Morgan fingerprint density at radius 1 is 1.19 bits per heavy atom. The zero-order chi connectivity index (χ0) is 22.1.